The molecule has 0 aliphatic heterocycles. The summed E-state index contributed by atoms with van der Waals surface area (Å²) in [5, 5.41) is 0. The van der Waals surface area contributed by atoms with E-state index in [2.05, 4.69) is 6.58 Å². The summed E-state index contributed by atoms with van der Waals surface area (Å²) in [6.45, 7) is 8.12. The molecule has 0 unspecified atom stereocenters. The number of allylic oxidation sites excluding steroid dienone is 1. The van der Waals surface area contributed by atoms with Gasteiger partial charge in [0.25, 0.3) is 0 Å². The molecule has 70 valence electrons. The van der Waals surface area contributed by atoms with Crippen LogP contribution in [0.3, 0.4) is 0 Å². The number of unbranched alkanes of at least 4 members (excludes halogenated alkanes) is 1. The highest BCUT2D eigenvalue weighted by Gasteiger charge is 2.04. The first-order chi connectivity index (χ1) is 5.66. The highest BCUT2D eigenvalue weighted by Crippen LogP contribution is 2.01. The van der Waals surface area contributed by atoms with Gasteiger partial charge in [0.2, 0.25) is 0 Å². The largest absolute Gasteiger partial charge is 0.466 e. The summed E-state index contributed by atoms with van der Waals surface area (Å²) in [6.07, 6.45) is 4.15. The fourth-order valence-corrected chi connectivity index (χ4v) is 0.806. The van der Waals surface area contributed by atoms with E-state index in [9.17, 15) is 4.79 Å². The highest BCUT2D eigenvalue weighted by molar-refractivity contribution is 5.69. The van der Waals surface area contributed by atoms with Crippen LogP contribution in [0.1, 0.15) is 33.1 Å². The lowest BCUT2D eigenvalue weighted by molar-refractivity contribution is -0.144. The third-order valence-electron chi connectivity index (χ3n) is 1.39. The molecule has 0 aliphatic carbocycles. The van der Waals surface area contributed by atoms with Crippen molar-refractivity contribution in [3.63, 3.8) is 0 Å². The number of carbonyl (C=O) groups excluding carboxylic acids is 1. The van der Waals surface area contributed by atoms with E-state index in [1.54, 1.807) is 0 Å². The van der Waals surface area contributed by atoms with Crippen LogP contribution in [0.15, 0.2) is 12.7 Å². The van der Waals surface area contributed by atoms with Crippen LogP contribution in [-0.4, -0.2) is 12.6 Å². The van der Waals surface area contributed by atoms with Gasteiger partial charge in [-0.25, -0.2) is 0 Å². The summed E-state index contributed by atoms with van der Waals surface area (Å²) in [7, 11) is 0. The second-order valence-electron chi connectivity index (χ2n) is 3.25. The van der Waals surface area contributed by atoms with E-state index >= 15 is 0 Å². The maximum absolute atomic E-state index is 11.0. The summed E-state index contributed by atoms with van der Waals surface area (Å²) >= 11 is 0. The van der Waals surface area contributed by atoms with E-state index in [-0.39, 0.29) is 5.97 Å². The minimum absolute atomic E-state index is 0.0888. The Hall–Kier alpha value is -0.790. The monoisotopic (exact) mass is 170 g/mol. The smallest absolute Gasteiger partial charge is 0.306 e. The molecule has 0 aromatic rings. The molecule has 0 N–H and O–H groups in total. The van der Waals surface area contributed by atoms with Crippen molar-refractivity contribution in [1.82, 2.24) is 0 Å². The summed E-state index contributed by atoms with van der Waals surface area (Å²) in [6, 6.07) is 0. The van der Waals surface area contributed by atoms with Gasteiger partial charge in [0, 0.05) is 6.42 Å². The first kappa shape index (κ1) is 11.2. The molecular formula is C10H18O2. The Bertz CT molecular complexity index is 139. The van der Waals surface area contributed by atoms with Gasteiger partial charge < -0.3 is 4.74 Å². The van der Waals surface area contributed by atoms with Crippen molar-refractivity contribution >= 4 is 5.97 Å². The molecule has 0 heterocycles. The average Bonchev–Trinajstić information content (AvgIpc) is 1.97. The molecule has 0 aromatic carbocycles. The van der Waals surface area contributed by atoms with Crippen molar-refractivity contribution in [3.05, 3.63) is 12.7 Å². The van der Waals surface area contributed by atoms with E-state index in [4.69, 9.17) is 4.74 Å². The van der Waals surface area contributed by atoms with Crippen LogP contribution in [0, 0.1) is 5.92 Å². The van der Waals surface area contributed by atoms with Gasteiger partial charge in [-0.05, 0) is 18.8 Å². The normalized spacial score (nSPS) is 9.92. The van der Waals surface area contributed by atoms with Crippen LogP contribution in [0.5, 0.6) is 0 Å². The molecule has 0 atom stereocenters. The molecule has 0 saturated carbocycles. The number of hydrogen-bond acceptors (Lipinski definition) is 2. The van der Waals surface area contributed by atoms with E-state index in [1.165, 1.54) is 0 Å². The van der Waals surface area contributed by atoms with Crippen molar-refractivity contribution in [2.75, 3.05) is 6.61 Å². The minimum Gasteiger partial charge on any atom is -0.466 e. The fraction of sp³-hybridized carbons (Fsp3) is 0.700. The van der Waals surface area contributed by atoms with Crippen molar-refractivity contribution in [1.29, 1.82) is 0 Å². The molecule has 0 fully saturated rings. The van der Waals surface area contributed by atoms with Gasteiger partial charge in [0.1, 0.15) is 0 Å². The van der Waals surface area contributed by atoms with Gasteiger partial charge in [-0.2, -0.15) is 0 Å². The number of rotatable bonds is 6. The van der Waals surface area contributed by atoms with Crippen molar-refractivity contribution < 1.29 is 9.53 Å². The van der Waals surface area contributed by atoms with Crippen LogP contribution in [-0.2, 0) is 9.53 Å². The molecule has 0 saturated heterocycles. The molecule has 0 spiro atoms. The maximum Gasteiger partial charge on any atom is 0.306 e. The lowest BCUT2D eigenvalue weighted by Gasteiger charge is -2.05. The van der Waals surface area contributed by atoms with Crippen LogP contribution >= 0.6 is 0 Å². The fourth-order valence-electron chi connectivity index (χ4n) is 0.806. The molecule has 0 aromatic heterocycles. The average molecular weight is 170 g/mol. The van der Waals surface area contributed by atoms with E-state index < -0.39 is 0 Å². The number of ether oxygens (including phenoxy) is 1. The molecule has 2 heteroatoms. The number of hydrogen-bond donors (Lipinski definition) is 0. The lowest BCUT2D eigenvalue weighted by Crippen LogP contribution is -2.08. The van der Waals surface area contributed by atoms with Crippen molar-refractivity contribution in [2.24, 2.45) is 5.92 Å². The SMILES string of the molecule is C=CCCCOC(=O)CC(C)C. The van der Waals surface area contributed by atoms with Crippen LogP contribution in [0.25, 0.3) is 0 Å². The van der Waals surface area contributed by atoms with Gasteiger partial charge >= 0.3 is 5.97 Å². The van der Waals surface area contributed by atoms with Gasteiger partial charge in [-0.1, -0.05) is 19.9 Å². The molecule has 0 bridgehead atoms. The summed E-state index contributed by atoms with van der Waals surface area (Å²) in [5.41, 5.74) is 0. The molecule has 0 aliphatic rings. The molecule has 12 heavy (non-hydrogen) atoms. The second-order valence-corrected chi connectivity index (χ2v) is 3.25. The molecule has 2 nitrogen and oxygen atoms in total. The third kappa shape index (κ3) is 7.32. The molecule has 0 rings (SSSR count). The van der Waals surface area contributed by atoms with Gasteiger partial charge in [0.15, 0.2) is 0 Å². The Labute approximate surface area is 74.6 Å². The quantitative estimate of drug-likeness (QED) is 0.348. The zero-order valence-corrected chi connectivity index (χ0v) is 8.01. The first-order valence-electron chi connectivity index (χ1n) is 4.43. The van der Waals surface area contributed by atoms with Gasteiger partial charge in [-0.3, -0.25) is 4.79 Å². The number of esters is 1. The highest BCUT2D eigenvalue weighted by atomic mass is 16.5. The van der Waals surface area contributed by atoms with Crippen LogP contribution in [0.2, 0.25) is 0 Å². The van der Waals surface area contributed by atoms with Gasteiger partial charge in [-0.15, -0.1) is 6.58 Å². The topological polar surface area (TPSA) is 26.3 Å². The second kappa shape index (κ2) is 6.89. The lowest BCUT2D eigenvalue weighted by atomic mass is 10.1. The summed E-state index contributed by atoms with van der Waals surface area (Å²) < 4.78 is 4.97. The summed E-state index contributed by atoms with van der Waals surface area (Å²) in [5.74, 6) is 0.297. The van der Waals surface area contributed by atoms with Crippen molar-refractivity contribution in [2.45, 2.75) is 33.1 Å². The number of carbonyl (C=O) groups is 1. The minimum atomic E-state index is -0.0888. The first-order valence-corrected chi connectivity index (χ1v) is 4.43. The predicted octanol–water partition coefficient (Wildman–Crippen LogP) is 2.54. The van der Waals surface area contributed by atoms with Crippen molar-refractivity contribution in [3.8, 4) is 0 Å². The Kier molecular flexibility index (Phi) is 6.44. The van der Waals surface area contributed by atoms with Crippen LogP contribution < -0.4 is 0 Å². The van der Waals surface area contributed by atoms with Gasteiger partial charge in [0.05, 0.1) is 6.61 Å². The maximum atomic E-state index is 11.0. The Balaban J connectivity index is 3.25. The predicted molar refractivity (Wildman–Crippen MR) is 49.8 cm³/mol. The third-order valence-corrected chi connectivity index (χ3v) is 1.39. The Morgan fingerprint density at radius 2 is 2.25 bits per heavy atom. The zero-order valence-electron chi connectivity index (χ0n) is 8.01. The Morgan fingerprint density at radius 3 is 2.75 bits per heavy atom. The van der Waals surface area contributed by atoms with E-state index in [0.717, 1.165) is 12.8 Å². The molecular weight excluding hydrogens is 152 g/mol. The Morgan fingerprint density at radius 1 is 1.58 bits per heavy atom. The van der Waals surface area contributed by atoms with E-state index in [0.29, 0.717) is 18.9 Å². The van der Waals surface area contributed by atoms with E-state index in [1.807, 2.05) is 19.9 Å². The standard InChI is InChI=1S/C10H18O2/c1-4-5-6-7-12-10(11)8-9(2)3/h4,9H,1,5-8H2,2-3H3. The summed E-state index contributed by atoms with van der Waals surface area (Å²) in [4.78, 5) is 11.0. The van der Waals surface area contributed by atoms with Crippen LogP contribution in [0.4, 0.5) is 0 Å². The zero-order chi connectivity index (χ0) is 9.40. The molecule has 0 amide bonds. The molecule has 0 radical (unpaired) electrons.